The van der Waals surface area contributed by atoms with Crippen molar-refractivity contribution in [3.63, 3.8) is 0 Å². The zero-order chi connectivity index (χ0) is 8.55. The number of aromatic nitrogens is 1. The van der Waals surface area contributed by atoms with Gasteiger partial charge in [0, 0.05) is 17.8 Å². The van der Waals surface area contributed by atoms with E-state index in [0.29, 0.717) is 5.56 Å². The fraction of sp³-hybridized carbons (Fsp3) is 0.100. The van der Waals surface area contributed by atoms with Crippen molar-refractivity contribution in [3.05, 3.63) is 42.0 Å². The van der Waals surface area contributed by atoms with Crippen LogP contribution in [0.25, 0.3) is 10.8 Å². The molecule has 0 atom stereocenters. The molecule has 0 unspecified atom stereocenters. The fourth-order valence-electron chi connectivity index (χ4n) is 1.22. The second kappa shape index (κ2) is 2.55. The zero-order valence-corrected chi connectivity index (χ0v) is 6.71. The van der Waals surface area contributed by atoms with Crippen LogP contribution in [0.3, 0.4) is 0 Å². The van der Waals surface area contributed by atoms with E-state index >= 15 is 0 Å². The maximum atomic E-state index is 13.0. The molecule has 2 aromatic rings. The molecule has 2 heteroatoms. The third-order valence-corrected chi connectivity index (χ3v) is 1.92. The molecule has 60 valence electrons. The molecule has 0 radical (unpaired) electrons. The number of benzene rings is 1. The maximum absolute atomic E-state index is 13.0. The van der Waals surface area contributed by atoms with E-state index in [4.69, 9.17) is 0 Å². The van der Waals surface area contributed by atoms with Gasteiger partial charge < -0.3 is 0 Å². The number of hydrogen-bond donors (Lipinski definition) is 0. The zero-order valence-electron chi connectivity index (χ0n) is 6.71. The molecule has 0 aliphatic heterocycles. The van der Waals surface area contributed by atoms with Gasteiger partial charge in [-0.15, -0.1) is 0 Å². The van der Waals surface area contributed by atoms with Crippen LogP contribution in [0.2, 0.25) is 0 Å². The monoisotopic (exact) mass is 161 g/mol. The number of pyridine rings is 1. The molecular weight excluding hydrogens is 153 g/mol. The number of rotatable bonds is 0. The lowest BCUT2D eigenvalue weighted by atomic mass is 10.1. The molecule has 12 heavy (non-hydrogen) atoms. The highest BCUT2D eigenvalue weighted by molar-refractivity contribution is 5.82. The van der Waals surface area contributed by atoms with Crippen LogP contribution in [0.5, 0.6) is 0 Å². The molecule has 0 fully saturated rings. The minimum absolute atomic E-state index is 0.159. The number of halogens is 1. The molecule has 1 aromatic carbocycles. The average Bonchev–Trinajstić information content (AvgIpc) is 2.07. The average molecular weight is 161 g/mol. The first-order chi connectivity index (χ1) is 5.77. The van der Waals surface area contributed by atoms with Gasteiger partial charge >= 0.3 is 0 Å². The SMILES string of the molecule is Cc1cc2cnccc2cc1F. The summed E-state index contributed by atoms with van der Waals surface area (Å²) in [6.07, 6.45) is 3.40. The molecule has 1 nitrogen and oxygen atoms in total. The van der Waals surface area contributed by atoms with E-state index in [2.05, 4.69) is 4.98 Å². The van der Waals surface area contributed by atoms with Crippen molar-refractivity contribution < 1.29 is 4.39 Å². The van der Waals surface area contributed by atoms with Gasteiger partial charge in [-0.05, 0) is 36.1 Å². The Balaban J connectivity index is 2.84. The third-order valence-electron chi connectivity index (χ3n) is 1.92. The van der Waals surface area contributed by atoms with E-state index in [0.717, 1.165) is 10.8 Å². The minimum atomic E-state index is -0.159. The Kier molecular flexibility index (Phi) is 1.54. The lowest BCUT2D eigenvalue weighted by Crippen LogP contribution is -1.83. The molecular formula is C10H8FN. The van der Waals surface area contributed by atoms with Gasteiger partial charge in [-0.1, -0.05) is 0 Å². The molecule has 0 saturated heterocycles. The van der Waals surface area contributed by atoms with Gasteiger partial charge in [-0.3, -0.25) is 4.98 Å². The van der Waals surface area contributed by atoms with E-state index in [1.54, 1.807) is 31.5 Å². The second-order valence-corrected chi connectivity index (χ2v) is 2.82. The Hall–Kier alpha value is -1.44. The standard InChI is InChI=1S/C10H8FN/c1-7-4-9-6-12-3-2-8(9)5-10(7)11/h2-6H,1H3. The molecule has 0 amide bonds. The molecule has 0 saturated carbocycles. The molecule has 0 N–H and O–H groups in total. The first kappa shape index (κ1) is 7.22. The van der Waals surface area contributed by atoms with Crippen LogP contribution < -0.4 is 0 Å². The summed E-state index contributed by atoms with van der Waals surface area (Å²) < 4.78 is 13.0. The quantitative estimate of drug-likeness (QED) is 0.578. The number of fused-ring (bicyclic) bond motifs is 1. The smallest absolute Gasteiger partial charge is 0.126 e. The van der Waals surface area contributed by atoms with Crippen molar-refractivity contribution in [1.82, 2.24) is 4.98 Å². The Labute approximate surface area is 69.9 Å². The molecule has 0 spiro atoms. The molecule has 2 rings (SSSR count). The fourth-order valence-corrected chi connectivity index (χ4v) is 1.22. The predicted molar refractivity (Wildman–Crippen MR) is 46.4 cm³/mol. The topological polar surface area (TPSA) is 12.9 Å². The summed E-state index contributed by atoms with van der Waals surface area (Å²) in [6, 6.07) is 5.14. The van der Waals surface area contributed by atoms with Crippen molar-refractivity contribution in [3.8, 4) is 0 Å². The summed E-state index contributed by atoms with van der Waals surface area (Å²) in [7, 11) is 0. The van der Waals surface area contributed by atoms with Gasteiger partial charge in [0.05, 0.1) is 0 Å². The Bertz CT molecular complexity index is 383. The molecule has 1 aromatic heterocycles. The van der Waals surface area contributed by atoms with Crippen molar-refractivity contribution in [1.29, 1.82) is 0 Å². The lowest BCUT2D eigenvalue weighted by molar-refractivity contribution is 0.620. The summed E-state index contributed by atoms with van der Waals surface area (Å²) >= 11 is 0. The summed E-state index contributed by atoms with van der Waals surface area (Å²) in [6.45, 7) is 1.75. The maximum Gasteiger partial charge on any atom is 0.126 e. The molecule has 1 heterocycles. The Morgan fingerprint density at radius 2 is 2.08 bits per heavy atom. The first-order valence-corrected chi connectivity index (χ1v) is 3.77. The van der Waals surface area contributed by atoms with Gasteiger partial charge in [0.1, 0.15) is 5.82 Å². The van der Waals surface area contributed by atoms with E-state index in [-0.39, 0.29) is 5.82 Å². The number of aryl methyl sites for hydroxylation is 1. The van der Waals surface area contributed by atoms with E-state index in [9.17, 15) is 4.39 Å². The first-order valence-electron chi connectivity index (χ1n) is 3.77. The van der Waals surface area contributed by atoms with Crippen LogP contribution in [0.4, 0.5) is 4.39 Å². The molecule has 0 aliphatic carbocycles. The molecule has 0 aliphatic rings. The van der Waals surface area contributed by atoms with Crippen LogP contribution in [-0.4, -0.2) is 4.98 Å². The van der Waals surface area contributed by atoms with Gasteiger partial charge in [0.25, 0.3) is 0 Å². The van der Waals surface area contributed by atoms with Gasteiger partial charge in [-0.25, -0.2) is 4.39 Å². The second-order valence-electron chi connectivity index (χ2n) is 2.82. The Morgan fingerprint density at radius 3 is 2.92 bits per heavy atom. The largest absolute Gasteiger partial charge is 0.264 e. The minimum Gasteiger partial charge on any atom is -0.264 e. The van der Waals surface area contributed by atoms with Gasteiger partial charge in [-0.2, -0.15) is 0 Å². The van der Waals surface area contributed by atoms with Gasteiger partial charge in [0.15, 0.2) is 0 Å². The van der Waals surface area contributed by atoms with Crippen LogP contribution in [0, 0.1) is 12.7 Å². The van der Waals surface area contributed by atoms with Crippen LogP contribution >= 0.6 is 0 Å². The van der Waals surface area contributed by atoms with Gasteiger partial charge in [0.2, 0.25) is 0 Å². The van der Waals surface area contributed by atoms with Crippen LogP contribution in [-0.2, 0) is 0 Å². The summed E-state index contributed by atoms with van der Waals surface area (Å²) in [5.41, 5.74) is 0.663. The van der Waals surface area contributed by atoms with E-state index in [1.807, 2.05) is 0 Å². The lowest BCUT2D eigenvalue weighted by Gasteiger charge is -1.99. The number of nitrogens with zero attached hydrogens (tertiary/aromatic N) is 1. The molecule has 0 bridgehead atoms. The summed E-state index contributed by atoms with van der Waals surface area (Å²) in [5, 5.41) is 1.88. The highest BCUT2D eigenvalue weighted by Gasteiger charge is 1.98. The highest BCUT2D eigenvalue weighted by Crippen LogP contribution is 2.16. The van der Waals surface area contributed by atoms with Crippen molar-refractivity contribution in [2.45, 2.75) is 6.92 Å². The Morgan fingerprint density at radius 1 is 1.25 bits per heavy atom. The van der Waals surface area contributed by atoms with Crippen LogP contribution in [0.1, 0.15) is 5.56 Å². The summed E-state index contributed by atoms with van der Waals surface area (Å²) in [4.78, 5) is 3.96. The van der Waals surface area contributed by atoms with E-state index < -0.39 is 0 Å². The normalized spacial score (nSPS) is 10.5. The summed E-state index contributed by atoms with van der Waals surface area (Å²) in [5.74, 6) is -0.159. The number of hydrogen-bond acceptors (Lipinski definition) is 1. The van der Waals surface area contributed by atoms with Crippen molar-refractivity contribution in [2.24, 2.45) is 0 Å². The highest BCUT2D eigenvalue weighted by atomic mass is 19.1. The van der Waals surface area contributed by atoms with E-state index in [1.165, 1.54) is 6.07 Å². The predicted octanol–water partition coefficient (Wildman–Crippen LogP) is 2.68. The van der Waals surface area contributed by atoms with Crippen LogP contribution in [0.15, 0.2) is 30.6 Å². The van der Waals surface area contributed by atoms with Crippen molar-refractivity contribution in [2.75, 3.05) is 0 Å². The third kappa shape index (κ3) is 1.05. The van der Waals surface area contributed by atoms with Crippen molar-refractivity contribution >= 4 is 10.8 Å².